The van der Waals surface area contributed by atoms with Gasteiger partial charge in [-0.15, -0.1) is 0 Å². The van der Waals surface area contributed by atoms with Crippen LogP contribution in [-0.4, -0.2) is 50.6 Å². The zero-order valence-corrected chi connectivity index (χ0v) is 18.9. The van der Waals surface area contributed by atoms with Crippen molar-refractivity contribution in [2.45, 2.75) is 66.7 Å². The number of carbonyl (C=O) groups is 1. The van der Waals surface area contributed by atoms with Crippen LogP contribution in [0.2, 0.25) is 5.02 Å². The highest BCUT2D eigenvalue weighted by Gasteiger charge is 2.50. The summed E-state index contributed by atoms with van der Waals surface area (Å²) >= 11 is 6.09. The van der Waals surface area contributed by atoms with Crippen LogP contribution in [-0.2, 0) is 19.4 Å². The number of alkyl halides is 3. The summed E-state index contributed by atoms with van der Waals surface area (Å²) < 4.78 is 74.6. The van der Waals surface area contributed by atoms with Gasteiger partial charge in [-0.1, -0.05) is 11.6 Å². The highest BCUT2D eigenvalue weighted by atomic mass is 35.5. The summed E-state index contributed by atoms with van der Waals surface area (Å²) in [4.78, 5) is 12.4. The number of sulfone groups is 1. The normalized spacial score (nSPS) is 25.6. The monoisotopic (exact) mass is 494 g/mol. The van der Waals surface area contributed by atoms with Crippen molar-refractivity contribution in [1.29, 1.82) is 5.26 Å². The second-order valence-electron chi connectivity index (χ2n) is 8.10. The van der Waals surface area contributed by atoms with Crippen LogP contribution in [0.3, 0.4) is 0 Å². The lowest BCUT2D eigenvalue weighted by atomic mass is 10.0. The molecule has 1 aromatic rings. The molecule has 0 spiro atoms. The predicted molar refractivity (Wildman–Crippen MR) is 108 cm³/mol. The van der Waals surface area contributed by atoms with Crippen LogP contribution in [0.15, 0.2) is 23.1 Å². The Kier molecular flexibility index (Phi) is 6.71. The number of nitrogens with zero attached hydrogens (tertiary/aromatic N) is 1. The van der Waals surface area contributed by atoms with Crippen LogP contribution in [0.1, 0.15) is 32.6 Å². The van der Waals surface area contributed by atoms with Crippen LogP contribution in [0.5, 0.6) is 5.75 Å². The lowest BCUT2D eigenvalue weighted by Gasteiger charge is -2.19. The van der Waals surface area contributed by atoms with Gasteiger partial charge in [0, 0.05) is 13.2 Å². The summed E-state index contributed by atoms with van der Waals surface area (Å²) in [5, 5.41) is 10.6. The first-order valence-electron chi connectivity index (χ1n) is 9.86. The molecule has 0 unspecified atom stereocenters. The molecule has 2 aliphatic rings. The number of carbonyl (C=O) groups excluding carboxylic acids is 1. The largest absolute Gasteiger partial charge is 0.481 e. The zero-order chi connectivity index (χ0) is 23.9. The summed E-state index contributed by atoms with van der Waals surface area (Å²) in [6.07, 6.45) is -6.27. The van der Waals surface area contributed by atoms with Gasteiger partial charge in [-0.3, -0.25) is 4.79 Å². The number of nitrogens with one attached hydrogen (secondary N) is 1. The van der Waals surface area contributed by atoms with E-state index in [9.17, 15) is 31.6 Å². The average molecular weight is 495 g/mol. The van der Waals surface area contributed by atoms with E-state index in [4.69, 9.17) is 21.1 Å². The summed E-state index contributed by atoms with van der Waals surface area (Å²) in [6, 6.07) is 5.28. The first kappa shape index (κ1) is 24.6. The van der Waals surface area contributed by atoms with Gasteiger partial charge >= 0.3 is 6.18 Å². The van der Waals surface area contributed by atoms with Gasteiger partial charge in [0.2, 0.25) is 5.91 Å². The van der Waals surface area contributed by atoms with Gasteiger partial charge in [-0.2, -0.15) is 18.4 Å². The smallest absolute Gasteiger partial charge is 0.425 e. The molecule has 0 radical (unpaired) electrons. The molecule has 1 aromatic carbocycles. The van der Waals surface area contributed by atoms with E-state index >= 15 is 0 Å². The van der Waals surface area contributed by atoms with Gasteiger partial charge in [0.05, 0.1) is 33.3 Å². The fraction of sp³-hybridized carbons (Fsp3) is 0.600. The van der Waals surface area contributed by atoms with Crippen molar-refractivity contribution < 1.29 is 35.9 Å². The molecular formula is C20H22ClF3N2O5S. The number of benzene rings is 1. The molecule has 0 aliphatic heterocycles. The molecule has 32 heavy (non-hydrogen) atoms. The van der Waals surface area contributed by atoms with Gasteiger partial charge < -0.3 is 14.8 Å². The minimum atomic E-state index is -4.59. The summed E-state index contributed by atoms with van der Waals surface area (Å²) in [7, 11) is -2.65. The van der Waals surface area contributed by atoms with E-state index in [1.54, 1.807) is 0 Å². The Hall–Kier alpha value is -2.03. The third kappa shape index (κ3) is 4.97. The third-order valence-corrected chi connectivity index (χ3v) is 8.51. The molecule has 0 heterocycles. The fourth-order valence-corrected chi connectivity index (χ4v) is 6.04. The second-order valence-corrected chi connectivity index (χ2v) is 10.7. The number of methoxy groups -OCH3 is 1. The van der Waals surface area contributed by atoms with E-state index in [1.807, 2.05) is 0 Å². The number of ether oxygens (including phenoxy) is 2. The third-order valence-electron chi connectivity index (χ3n) is 5.85. The van der Waals surface area contributed by atoms with Gasteiger partial charge in [-0.25, -0.2) is 8.42 Å². The average Bonchev–Trinajstić information content (AvgIpc) is 3.33. The van der Waals surface area contributed by atoms with E-state index < -0.39 is 50.8 Å². The van der Waals surface area contributed by atoms with Gasteiger partial charge in [-0.05, 0) is 44.7 Å². The van der Waals surface area contributed by atoms with Gasteiger partial charge in [0.1, 0.15) is 11.3 Å². The molecule has 2 fully saturated rings. The molecule has 1 N–H and O–H groups in total. The minimum absolute atomic E-state index is 0.0339. The molecule has 2 aliphatic carbocycles. The van der Waals surface area contributed by atoms with Crippen LogP contribution in [0.25, 0.3) is 0 Å². The maximum atomic E-state index is 13.2. The maximum absolute atomic E-state index is 13.2. The van der Waals surface area contributed by atoms with Crippen LogP contribution in [0, 0.1) is 17.2 Å². The standard InChI is InChI=1S/C20H22ClF3N2O5S/c1-11(20(22,23)24)31-12-3-4-17(15(21)7-12)32(28,29)13-8-14(16(9-13)30-2)18(27)26-19(10-25)5-6-19/h3-4,7,11,13-14,16H,5-6,8-9H2,1-2H3,(H,26,27)/t11-,13-,14-,16-/m1/s1. The Labute approximate surface area is 188 Å². The number of rotatable bonds is 7. The van der Waals surface area contributed by atoms with Crippen LogP contribution < -0.4 is 10.1 Å². The highest BCUT2D eigenvalue weighted by Crippen LogP contribution is 2.40. The number of hydrogen-bond donors (Lipinski definition) is 1. The van der Waals surface area contributed by atoms with Crippen molar-refractivity contribution >= 4 is 27.3 Å². The van der Waals surface area contributed by atoms with Crippen molar-refractivity contribution in [3.05, 3.63) is 23.2 Å². The quantitative estimate of drug-likeness (QED) is 0.622. The van der Waals surface area contributed by atoms with Crippen molar-refractivity contribution in [2.24, 2.45) is 5.92 Å². The maximum Gasteiger partial charge on any atom is 0.425 e. The Morgan fingerprint density at radius 3 is 2.50 bits per heavy atom. The number of amides is 1. The fourth-order valence-electron chi connectivity index (χ4n) is 3.70. The molecule has 176 valence electrons. The predicted octanol–water partition coefficient (Wildman–Crippen LogP) is 3.41. The van der Waals surface area contributed by atoms with Crippen molar-refractivity contribution in [3.8, 4) is 11.8 Å². The van der Waals surface area contributed by atoms with E-state index in [0.717, 1.165) is 25.1 Å². The highest BCUT2D eigenvalue weighted by molar-refractivity contribution is 7.92. The van der Waals surface area contributed by atoms with Crippen molar-refractivity contribution in [1.82, 2.24) is 5.32 Å². The van der Waals surface area contributed by atoms with Crippen LogP contribution >= 0.6 is 11.6 Å². The van der Waals surface area contributed by atoms with Gasteiger partial charge in [0.15, 0.2) is 15.9 Å². The molecule has 7 nitrogen and oxygen atoms in total. The SMILES string of the molecule is CO[C@@H]1C[C@H](S(=O)(=O)c2ccc(O[C@H](C)C(F)(F)F)cc2Cl)C[C@H]1C(=O)NC1(C#N)CC1. The lowest BCUT2D eigenvalue weighted by molar-refractivity contribution is -0.189. The molecule has 1 amide bonds. The molecule has 0 bridgehead atoms. The van der Waals surface area contributed by atoms with Gasteiger partial charge in [0.25, 0.3) is 0 Å². The number of halogens is 4. The van der Waals surface area contributed by atoms with E-state index in [-0.39, 0.29) is 28.5 Å². The van der Waals surface area contributed by atoms with Crippen molar-refractivity contribution in [2.75, 3.05) is 7.11 Å². The number of nitriles is 1. The first-order valence-corrected chi connectivity index (χ1v) is 11.8. The number of hydrogen-bond acceptors (Lipinski definition) is 6. The Balaban J connectivity index is 1.77. The summed E-state index contributed by atoms with van der Waals surface area (Å²) in [5.74, 6) is -1.42. The molecule has 0 aromatic heterocycles. The summed E-state index contributed by atoms with van der Waals surface area (Å²) in [5.41, 5.74) is -0.890. The zero-order valence-electron chi connectivity index (χ0n) is 17.3. The minimum Gasteiger partial charge on any atom is -0.481 e. The molecule has 12 heteroatoms. The molecule has 4 atom stereocenters. The first-order chi connectivity index (χ1) is 14.8. The lowest BCUT2D eigenvalue weighted by Crippen LogP contribution is -2.42. The van der Waals surface area contributed by atoms with E-state index in [0.29, 0.717) is 12.8 Å². The molecule has 3 rings (SSSR count). The summed E-state index contributed by atoms with van der Waals surface area (Å²) in [6.45, 7) is 0.825. The Bertz CT molecular complexity index is 1040. The molecular weight excluding hydrogens is 473 g/mol. The topological polar surface area (TPSA) is 105 Å². The molecule has 2 saturated carbocycles. The van der Waals surface area contributed by atoms with Crippen molar-refractivity contribution in [3.63, 3.8) is 0 Å². The Morgan fingerprint density at radius 2 is 2.00 bits per heavy atom. The second kappa shape index (κ2) is 8.72. The Morgan fingerprint density at radius 1 is 1.34 bits per heavy atom. The van der Waals surface area contributed by atoms with E-state index in [2.05, 4.69) is 11.4 Å². The van der Waals surface area contributed by atoms with E-state index in [1.165, 1.54) is 7.11 Å². The molecule has 0 saturated heterocycles. The van der Waals surface area contributed by atoms with Crippen LogP contribution in [0.4, 0.5) is 13.2 Å².